The number of thiol groups is 1. The van der Waals surface area contributed by atoms with Crippen LogP contribution in [0.1, 0.15) is 5.56 Å². The predicted molar refractivity (Wildman–Crippen MR) is 63.0 cm³/mol. The predicted octanol–water partition coefficient (Wildman–Crippen LogP) is 3.68. The van der Waals surface area contributed by atoms with E-state index in [2.05, 4.69) is 17.6 Å². The van der Waals surface area contributed by atoms with Crippen molar-refractivity contribution >= 4 is 24.4 Å². The summed E-state index contributed by atoms with van der Waals surface area (Å²) in [7, 11) is 0. The molecule has 0 saturated carbocycles. The number of nitrogens with zero attached hydrogens (tertiary/aromatic N) is 1. The maximum atomic E-state index is 12.2. The molecule has 0 aliphatic rings. The summed E-state index contributed by atoms with van der Waals surface area (Å²) in [5.41, 5.74) is -0.720. The maximum absolute atomic E-state index is 12.2. The van der Waals surface area contributed by atoms with Gasteiger partial charge in [0.1, 0.15) is 0 Å². The molecule has 0 aliphatic heterocycles. The molecular weight excluding hydrogens is 255 g/mol. The number of thioether (sulfide) groups is 1. The summed E-state index contributed by atoms with van der Waals surface area (Å²) in [5, 5.41) is 0.580. The molecule has 0 unspecified atom stereocenters. The molecule has 0 N–H and O–H groups in total. The number of pyridine rings is 1. The average molecular weight is 265 g/mol. The van der Waals surface area contributed by atoms with Crippen LogP contribution in [-0.2, 0) is 6.18 Å². The molecule has 0 radical (unpaired) electrons. The lowest BCUT2D eigenvalue weighted by molar-refractivity contribution is -0.137. The van der Waals surface area contributed by atoms with Crippen LogP contribution in [0.2, 0.25) is 0 Å². The van der Waals surface area contributed by atoms with Crippen molar-refractivity contribution in [1.82, 2.24) is 4.98 Å². The molecule has 1 aromatic rings. The molecule has 0 fully saturated rings. The molecule has 1 rings (SSSR count). The minimum absolute atomic E-state index is 0.580. The van der Waals surface area contributed by atoms with E-state index in [1.165, 1.54) is 17.8 Å². The summed E-state index contributed by atoms with van der Waals surface area (Å²) < 4.78 is 36.6. The molecule has 0 amide bonds. The maximum Gasteiger partial charge on any atom is 0.417 e. The van der Waals surface area contributed by atoms with E-state index in [1.54, 1.807) is 0 Å². The number of alkyl halides is 3. The van der Waals surface area contributed by atoms with Crippen LogP contribution < -0.4 is 0 Å². The zero-order valence-electron chi connectivity index (χ0n) is 8.24. The highest BCUT2D eigenvalue weighted by Gasteiger charge is 2.30. The van der Waals surface area contributed by atoms with Crippen LogP contribution in [-0.4, -0.2) is 16.5 Å². The van der Waals surface area contributed by atoms with Gasteiger partial charge in [-0.25, -0.2) is 4.98 Å². The summed E-state index contributed by atoms with van der Waals surface area (Å²) >= 11 is 5.37. The molecule has 0 atom stereocenters. The smallest absolute Gasteiger partial charge is 0.249 e. The Labute approximate surface area is 102 Å². The Morgan fingerprint density at radius 3 is 2.56 bits per heavy atom. The summed E-state index contributed by atoms with van der Waals surface area (Å²) in [6, 6.07) is 2.42. The Morgan fingerprint density at radius 2 is 2.06 bits per heavy atom. The van der Waals surface area contributed by atoms with Gasteiger partial charge in [-0.05, 0) is 12.1 Å². The molecule has 0 aliphatic carbocycles. The molecule has 1 nitrogen and oxygen atoms in total. The van der Waals surface area contributed by atoms with Crippen molar-refractivity contribution < 1.29 is 13.2 Å². The lowest BCUT2D eigenvalue weighted by Gasteiger charge is -2.05. The molecule has 1 aromatic heterocycles. The fourth-order valence-electron chi connectivity index (χ4n) is 0.909. The van der Waals surface area contributed by atoms with Gasteiger partial charge in [-0.1, -0.05) is 12.2 Å². The lowest BCUT2D eigenvalue weighted by atomic mass is 10.3. The average Bonchev–Trinajstić information content (AvgIpc) is 2.24. The quantitative estimate of drug-likeness (QED) is 0.506. The Balaban J connectivity index is 2.55. The van der Waals surface area contributed by atoms with Crippen LogP contribution in [0, 0.1) is 0 Å². The molecular formula is C10H10F3NS2. The Hall–Kier alpha value is -0.620. The molecule has 88 valence electrons. The second-order valence-corrected chi connectivity index (χ2v) is 4.25. The van der Waals surface area contributed by atoms with Crippen molar-refractivity contribution in [2.45, 2.75) is 11.2 Å². The van der Waals surface area contributed by atoms with Crippen molar-refractivity contribution in [1.29, 1.82) is 0 Å². The number of hydrogen-bond donors (Lipinski definition) is 1. The number of rotatable bonds is 4. The standard InChI is InChI=1S/C10H10F3NS2/c11-10(12,13)8-3-4-9(14-7-8)16-6-2-1-5-15/h1-4,7,15H,5-6H2. The van der Waals surface area contributed by atoms with Gasteiger partial charge in [0.05, 0.1) is 10.6 Å². The summed E-state index contributed by atoms with van der Waals surface area (Å²) in [6.45, 7) is 0. The molecule has 6 heteroatoms. The summed E-state index contributed by atoms with van der Waals surface area (Å²) in [6.07, 6.45) is 0.310. The van der Waals surface area contributed by atoms with E-state index in [9.17, 15) is 13.2 Å². The van der Waals surface area contributed by atoms with Crippen molar-refractivity contribution in [3.8, 4) is 0 Å². The van der Waals surface area contributed by atoms with E-state index in [-0.39, 0.29) is 0 Å². The fraction of sp³-hybridized carbons (Fsp3) is 0.300. The zero-order valence-corrected chi connectivity index (χ0v) is 9.95. The largest absolute Gasteiger partial charge is 0.417 e. The first-order valence-corrected chi connectivity index (χ1v) is 6.08. The summed E-state index contributed by atoms with van der Waals surface area (Å²) in [5.74, 6) is 1.33. The van der Waals surface area contributed by atoms with Gasteiger partial charge < -0.3 is 0 Å². The lowest BCUT2D eigenvalue weighted by Crippen LogP contribution is -2.05. The molecule has 0 saturated heterocycles. The third-order valence-electron chi connectivity index (χ3n) is 1.66. The first kappa shape index (κ1) is 13.4. The Kier molecular flexibility index (Phi) is 5.21. The van der Waals surface area contributed by atoms with E-state index >= 15 is 0 Å². The summed E-state index contributed by atoms with van der Waals surface area (Å²) in [4.78, 5) is 3.73. The highest BCUT2D eigenvalue weighted by atomic mass is 32.2. The van der Waals surface area contributed by atoms with Crippen LogP contribution in [0.25, 0.3) is 0 Å². The first-order chi connectivity index (χ1) is 7.54. The van der Waals surface area contributed by atoms with Crippen molar-refractivity contribution in [3.63, 3.8) is 0 Å². The number of halogens is 3. The van der Waals surface area contributed by atoms with Crippen LogP contribution in [0.4, 0.5) is 13.2 Å². The van der Waals surface area contributed by atoms with Crippen molar-refractivity contribution in [2.75, 3.05) is 11.5 Å². The van der Waals surface area contributed by atoms with E-state index < -0.39 is 11.7 Å². The molecule has 16 heavy (non-hydrogen) atoms. The molecule has 0 spiro atoms. The minimum Gasteiger partial charge on any atom is -0.249 e. The monoisotopic (exact) mass is 265 g/mol. The molecule has 0 bridgehead atoms. The van der Waals surface area contributed by atoms with Crippen LogP contribution in [0.3, 0.4) is 0 Å². The second-order valence-electron chi connectivity index (χ2n) is 2.85. The van der Waals surface area contributed by atoms with Crippen LogP contribution >= 0.6 is 24.4 Å². The number of hydrogen-bond acceptors (Lipinski definition) is 3. The van der Waals surface area contributed by atoms with Crippen LogP contribution in [0.5, 0.6) is 0 Å². The zero-order chi connectivity index (χ0) is 12.0. The molecule has 1 heterocycles. The van der Waals surface area contributed by atoms with Gasteiger partial charge >= 0.3 is 6.18 Å². The van der Waals surface area contributed by atoms with E-state index in [1.807, 2.05) is 12.2 Å². The van der Waals surface area contributed by atoms with Gasteiger partial charge in [0.25, 0.3) is 0 Å². The highest BCUT2D eigenvalue weighted by molar-refractivity contribution is 7.99. The SMILES string of the molecule is FC(F)(F)c1ccc(SCC=CCS)nc1. The van der Waals surface area contributed by atoms with Crippen molar-refractivity contribution in [2.24, 2.45) is 0 Å². The van der Waals surface area contributed by atoms with E-state index in [4.69, 9.17) is 0 Å². The van der Waals surface area contributed by atoms with E-state index in [0.717, 1.165) is 12.3 Å². The topological polar surface area (TPSA) is 12.9 Å². The van der Waals surface area contributed by atoms with Gasteiger partial charge in [0.15, 0.2) is 0 Å². The second kappa shape index (κ2) is 6.20. The van der Waals surface area contributed by atoms with Gasteiger partial charge in [0, 0.05) is 17.7 Å². The normalized spacial score (nSPS) is 12.2. The first-order valence-electron chi connectivity index (χ1n) is 4.46. The number of aromatic nitrogens is 1. The Morgan fingerprint density at radius 1 is 1.31 bits per heavy atom. The third kappa shape index (κ3) is 4.49. The van der Waals surface area contributed by atoms with Crippen LogP contribution in [0.15, 0.2) is 35.5 Å². The fourth-order valence-corrected chi connectivity index (χ4v) is 1.75. The Bertz CT molecular complexity index is 346. The highest BCUT2D eigenvalue weighted by Crippen LogP contribution is 2.29. The minimum atomic E-state index is -4.32. The van der Waals surface area contributed by atoms with Gasteiger partial charge in [-0.3, -0.25) is 0 Å². The van der Waals surface area contributed by atoms with Gasteiger partial charge in [-0.2, -0.15) is 25.8 Å². The third-order valence-corrected chi connectivity index (χ3v) is 2.77. The van der Waals surface area contributed by atoms with Crippen molar-refractivity contribution in [3.05, 3.63) is 36.0 Å². The molecule has 0 aromatic carbocycles. The van der Waals surface area contributed by atoms with Gasteiger partial charge in [-0.15, -0.1) is 11.8 Å². The van der Waals surface area contributed by atoms with E-state index in [0.29, 0.717) is 16.5 Å². The van der Waals surface area contributed by atoms with Gasteiger partial charge in [0.2, 0.25) is 0 Å².